The summed E-state index contributed by atoms with van der Waals surface area (Å²) in [6.07, 6.45) is 1.76. The van der Waals surface area contributed by atoms with Crippen molar-refractivity contribution in [3.05, 3.63) is 63.6 Å². The summed E-state index contributed by atoms with van der Waals surface area (Å²) in [4.78, 5) is 30.1. The molecule has 1 atom stereocenters. The molecule has 2 aromatic rings. The first-order valence-electron chi connectivity index (χ1n) is 10.9. The van der Waals surface area contributed by atoms with Crippen molar-refractivity contribution in [2.24, 2.45) is 5.92 Å². The average molecular weight is 476 g/mol. The van der Waals surface area contributed by atoms with Crippen LogP contribution in [0.5, 0.6) is 0 Å². The predicted octanol–water partition coefficient (Wildman–Crippen LogP) is 4.32. The largest absolute Gasteiger partial charge is 0.378 e. The number of nitrogens with zero attached hydrogens (tertiary/aromatic N) is 2. The molecule has 0 bridgehead atoms. The highest BCUT2D eigenvalue weighted by molar-refractivity contribution is 6.42. The third kappa shape index (κ3) is 5.62. The maximum absolute atomic E-state index is 13.1. The average Bonchev–Trinajstić information content (AvgIpc) is 2.82. The molecule has 0 aliphatic carbocycles. The number of carbonyl (C=O) groups is 2. The fourth-order valence-electron chi connectivity index (χ4n) is 4.26. The Balaban J connectivity index is 1.40. The minimum Gasteiger partial charge on any atom is -0.378 e. The number of likely N-dealkylation sites (tertiary alicyclic amines) is 1. The van der Waals surface area contributed by atoms with E-state index in [0.717, 1.165) is 24.9 Å². The number of benzene rings is 2. The molecular formula is C24H27Cl2N3O3. The van der Waals surface area contributed by atoms with Crippen molar-refractivity contribution in [2.45, 2.75) is 19.4 Å². The highest BCUT2D eigenvalue weighted by Gasteiger charge is 2.28. The number of morpholine rings is 1. The van der Waals surface area contributed by atoms with Crippen LogP contribution < -0.4 is 5.32 Å². The molecule has 8 heteroatoms. The van der Waals surface area contributed by atoms with Crippen LogP contribution in [0.2, 0.25) is 10.0 Å². The number of hydrogen-bond donors (Lipinski definition) is 1. The van der Waals surface area contributed by atoms with E-state index in [1.54, 1.807) is 23.1 Å². The molecule has 6 nitrogen and oxygen atoms in total. The molecule has 4 rings (SSSR count). The molecular weight excluding hydrogens is 449 g/mol. The van der Waals surface area contributed by atoms with Gasteiger partial charge in [-0.05, 0) is 49.2 Å². The minimum atomic E-state index is -0.141. The summed E-state index contributed by atoms with van der Waals surface area (Å²) >= 11 is 12.2. The molecule has 170 valence electrons. The Morgan fingerprint density at radius 2 is 1.81 bits per heavy atom. The predicted molar refractivity (Wildman–Crippen MR) is 126 cm³/mol. The molecule has 2 aliphatic heterocycles. The Kier molecular flexibility index (Phi) is 7.68. The van der Waals surface area contributed by atoms with Gasteiger partial charge in [0.15, 0.2) is 0 Å². The first-order valence-corrected chi connectivity index (χ1v) is 11.7. The molecule has 32 heavy (non-hydrogen) atoms. The van der Waals surface area contributed by atoms with Crippen LogP contribution in [0.3, 0.4) is 0 Å². The van der Waals surface area contributed by atoms with E-state index in [0.29, 0.717) is 60.7 Å². The van der Waals surface area contributed by atoms with E-state index in [9.17, 15) is 9.59 Å². The number of rotatable bonds is 5. The van der Waals surface area contributed by atoms with Gasteiger partial charge in [0.25, 0.3) is 5.91 Å². The fourth-order valence-corrected chi connectivity index (χ4v) is 4.58. The lowest BCUT2D eigenvalue weighted by Crippen LogP contribution is -2.42. The third-order valence-corrected chi connectivity index (χ3v) is 6.72. The summed E-state index contributed by atoms with van der Waals surface area (Å²) in [5, 5.41) is 4.10. The van der Waals surface area contributed by atoms with Crippen molar-refractivity contribution in [1.82, 2.24) is 9.80 Å². The van der Waals surface area contributed by atoms with Crippen LogP contribution in [0.4, 0.5) is 5.69 Å². The zero-order chi connectivity index (χ0) is 22.5. The quantitative estimate of drug-likeness (QED) is 0.699. The number of carbonyl (C=O) groups excluding carboxylic acids is 2. The summed E-state index contributed by atoms with van der Waals surface area (Å²) in [6.45, 7) is 4.50. The second kappa shape index (κ2) is 10.7. The number of halogens is 2. The lowest BCUT2D eigenvalue weighted by molar-refractivity contribution is -0.121. The van der Waals surface area contributed by atoms with Crippen LogP contribution in [0.15, 0.2) is 42.5 Å². The summed E-state index contributed by atoms with van der Waals surface area (Å²) in [6, 6.07) is 12.9. The molecule has 2 saturated heterocycles. The molecule has 2 heterocycles. The molecule has 0 saturated carbocycles. The Bertz CT molecular complexity index is 979. The standard InChI is InChI=1S/C24H27Cl2N3O3/c25-20-8-7-17(14-21(20)26)15-28-9-3-4-18(16-28)23(30)27-22-6-2-1-5-19(22)24(31)29-10-12-32-13-11-29/h1-2,5-8,14,18H,3-4,9-13,15-16H2,(H,27,30). The summed E-state index contributed by atoms with van der Waals surface area (Å²) in [5.41, 5.74) is 2.16. The number of amides is 2. The van der Waals surface area contributed by atoms with Crippen molar-refractivity contribution in [3.8, 4) is 0 Å². The molecule has 2 aromatic carbocycles. The van der Waals surface area contributed by atoms with Crippen LogP contribution in [0, 0.1) is 5.92 Å². The maximum atomic E-state index is 13.1. The van der Waals surface area contributed by atoms with Gasteiger partial charge < -0.3 is 15.0 Å². The summed E-state index contributed by atoms with van der Waals surface area (Å²) in [5.74, 6) is -0.266. The topological polar surface area (TPSA) is 61.9 Å². The van der Waals surface area contributed by atoms with Gasteiger partial charge >= 0.3 is 0 Å². The molecule has 1 N–H and O–H groups in total. The zero-order valence-electron chi connectivity index (χ0n) is 17.9. The van der Waals surface area contributed by atoms with Crippen molar-refractivity contribution in [3.63, 3.8) is 0 Å². The molecule has 2 fully saturated rings. The van der Waals surface area contributed by atoms with Gasteiger partial charge in [0.05, 0.1) is 40.4 Å². The third-order valence-electron chi connectivity index (χ3n) is 5.98. The van der Waals surface area contributed by atoms with Crippen molar-refractivity contribution in [2.75, 3.05) is 44.7 Å². The number of ether oxygens (including phenoxy) is 1. The number of para-hydroxylation sites is 1. The van der Waals surface area contributed by atoms with Gasteiger partial charge in [0.2, 0.25) is 5.91 Å². The van der Waals surface area contributed by atoms with E-state index >= 15 is 0 Å². The van der Waals surface area contributed by atoms with E-state index < -0.39 is 0 Å². The molecule has 1 unspecified atom stereocenters. The van der Waals surface area contributed by atoms with E-state index in [2.05, 4.69) is 10.2 Å². The molecule has 2 aliphatic rings. The van der Waals surface area contributed by atoms with E-state index in [1.165, 1.54) is 0 Å². The van der Waals surface area contributed by atoms with Crippen LogP contribution in [0.25, 0.3) is 0 Å². The van der Waals surface area contributed by atoms with Gasteiger partial charge in [-0.2, -0.15) is 0 Å². The second-order valence-corrected chi connectivity index (χ2v) is 9.08. The number of anilines is 1. The van der Waals surface area contributed by atoms with Crippen molar-refractivity contribution < 1.29 is 14.3 Å². The highest BCUT2D eigenvalue weighted by Crippen LogP contribution is 2.26. The Morgan fingerprint density at radius 1 is 1.03 bits per heavy atom. The lowest BCUT2D eigenvalue weighted by atomic mass is 9.96. The second-order valence-electron chi connectivity index (χ2n) is 8.26. The Labute approximate surface area is 198 Å². The van der Waals surface area contributed by atoms with E-state index in [-0.39, 0.29) is 17.7 Å². The van der Waals surface area contributed by atoms with Crippen LogP contribution in [-0.4, -0.2) is 61.0 Å². The van der Waals surface area contributed by atoms with Crippen LogP contribution >= 0.6 is 23.2 Å². The normalized spacial score (nSPS) is 19.6. The molecule has 2 amide bonds. The highest BCUT2D eigenvalue weighted by atomic mass is 35.5. The van der Waals surface area contributed by atoms with Gasteiger partial charge in [-0.25, -0.2) is 0 Å². The van der Waals surface area contributed by atoms with Gasteiger partial charge in [-0.3, -0.25) is 14.5 Å². The lowest BCUT2D eigenvalue weighted by Gasteiger charge is -2.32. The Hall–Kier alpha value is -2.12. The number of hydrogen-bond acceptors (Lipinski definition) is 4. The fraction of sp³-hybridized carbons (Fsp3) is 0.417. The molecule has 0 radical (unpaired) electrons. The summed E-state index contributed by atoms with van der Waals surface area (Å²) in [7, 11) is 0. The maximum Gasteiger partial charge on any atom is 0.256 e. The van der Waals surface area contributed by atoms with Crippen molar-refractivity contribution >= 4 is 40.7 Å². The van der Waals surface area contributed by atoms with E-state index in [1.807, 2.05) is 24.3 Å². The van der Waals surface area contributed by atoms with Crippen molar-refractivity contribution in [1.29, 1.82) is 0 Å². The zero-order valence-corrected chi connectivity index (χ0v) is 19.4. The van der Waals surface area contributed by atoms with Gasteiger partial charge in [0, 0.05) is 26.2 Å². The SMILES string of the molecule is O=C(Nc1ccccc1C(=O)N1CCOCC1)C1CCCN(Cc2ccc(Cl)c(Cl)c2)C1. The van der Waals surface area contributed by atoms with Crippen LogP contribution in [0.1, 0.15) is 28.8 Å². The van der Waals surface area contributed by atoms with Crippen LogP contribution in [-0.2, 0) is 16.1 Å². The first kappa shape index (κ1) is 23.1. The smallest absolute Gasteiger partial charge is 0.256 e. The summed E-state index contributed by atoms with van der Waals surface area (Å²) < 4.78 is 5.34. The number of piperidine rings is 1. The van der Waals surface area contributed by atoms with Gasteiger partial charge in [-0.1, -0.05) is 41.4 Å². The minimum absolute atomic E-state index is 0.0499. The monoisotopic (exact) mass is 475 g/mol. The Morgan fingerprint density at radius 3 is 2.59 bits per heavy atom. The molecule has 0 spiro atoms. The van der Waals surface area contributed by atoms with Gasteiger partial charge in [-0.15, -0.1) is 0 Å². The van der Waals surface area contributed by atoms with E-state index in [4.69, 9.17) is 27.9 Å². The first-order chi connectivity index (χ1) is 15.5. The number of nitrogens with one attached hydrogen (secondary N) is 1. The van der Waals surface area contributed by atoms with Gasteiger partial charge in [0.1, 0.15) is 0 Å². The molecule has 0 aromatic heterocycles.